The fourth-order valence-corrected chi connectivity index (χ4v) is 9.05. The second kappa shape index (κ2) is 9.05. The number of nitrogens with one attached hydrogen (secondary N) is 2. The molecule has 2 amide bonds. The summed E-state index contributed by atoms with van der Waals surface area (Å²) in [6, 6.07) is 2.89. The highest BCUT2D eigenvalue weighted by Crippen LogP contribution is 2.65. The fourth-order valence-electron chi connectivity index (χ4n) is 9.05. The molecule has 40 heavy (non-hydrogen) atoms. The molecule has 4 aliphatic rings. The van der Waals surface area contributed by atoms with E-state index in [9.17, 15) is 27.2 Å². The molecule has 2 aromatic rings. The van der Waals surface area contributed by atoms with Crippen molar-refractivity contribution in [2.45, 2.75) is 77.6 Å². The Morgan fingerprint density at radius 1 is 1.15 bits per heavy atom. The third-order valence-electron chi connectivity index (χ3n) is 11.1. The van der Waals surface area contributed by atoms with Gasteiger partial charge in [-0.2, -0.15) is 13.2 Å². The summed E-state index contributed by atoms with van der Waals surface area (Å²) in [6.07, 6.45) is 2.34. The predicted molar refractivity (Wildman–Crippen MR) is 141 cm³/mol. The summed E-state index contributed by atoms with van der Waals surface area (Å²) < 4.78 is 54.0. The molecule has 10 heteroatoms. The molecule has 1 aromatic heterocycles. The van der Waals surface area contributed by atoms with Gasteiger partial charge in [-0.25, -0.2) is 9.37 Å². The largest absolute Gasteiger partial charge is 0.416 e. The fraction of sp³-hybridized carbons (Fsp3) is 0.633. The van der Waals surface area contributed by atoms with Crippen molar-refractivity contribution in [2.75, 3.05) is 7.05 Å². The summed E-state index contributed by atoms with van der Waals surface area (Å²) in [4.78, 5) is 35.0. The number of fused-ring (bicyclic) bond motifs is 6. The first kappa shape index (κ1) is 27.3. The Morgan fingerprint density at radius 2 is 1.90 bits per heavy atom. The third kappa shape index (κ3) is 3.99. The number of alkyl halides is 3. The second-order valence-corrected chi connectivity index (χ2v) is 13.0. The maximum absolute atomic E-state index is 14.7. The van der Waals surface area contributed by atoms with Gasteiger partial charge in [-0.1, -0.05) is 13.8 Å². The number of imidazole rings is 1. The van der Waals surface area contributed by atoms with E-state index in [2.05, 4.69) is 29.1 Å². The normalized spacial score (nSPS) is 36.5. The highest BCUT2D eigenvalue weighted by molar-refractivity contribution is 5.92. The van der Waals surface area contributed by atoms with Crippen LogP contribution < -0.4 is 5.32 Å². The molecule has 1 aromatic carbocycles. The van der Waals surface area contributed by atoms with Crippen LogP contribution in [0.1, 0.15) is 76.7 Å². The van der Waals surface area contributed by atoms with Crippen LogP contribution in [0.15, 0.2) is 30.1 Å². The molecule has 2 heterocycles. The topological polar surface area (TPSA) is 78.1 Å². The summed E-state index contributed by atoms with van der Waals surface area (Å²) in [5.74, 6) is -0.0606. The Kier molecular flexibility index (Phi) is 6.17. The van der Waals surface area contributed by atoms with Gasteiger partial charge in [-0.15, -0.1) is 0 Å². The molecule has 0 radical (unpaired) electrons. The lowest BCUT2D eigenvalue weighted by Gasteiger charge is -2.60. The molecular weight excluding hydrogens is 524 g/mol. The lowest BCUT2D eigenvalue weighted by Crippen LogP contribution is -2.60. The van der Waals surface area contributed by atoms with E-state index in [4.69, 9.17) is 0 Å². The summed E-state index contributed by atoms with van der Waals surface area (Å²) in [5, 5.41) is 3.09. The van der Waals surface area contributed by atoms with E-state index >= 15 is 0 Å². The Balaban J connectivity index is 1.19. The number of H-pyrrole nitrogens is 1. The van der Waals surface area contributed by atoms with Gasteiger partial charge in [-0.05, 0) is 92.9 Å². The number of carbonyl (C=O) groups excluding carboxylic acids is 2. The number of hydrogen-bond donors (Lipinski definition) is 2. The van der Waals surface area contributed by atoms with Crippen LogP contribution in [-0.2, 0) is 15.8 Å². The molecule has 8 atom stereocenters. The zero-order chi connectivity index (χ0) is 28.8. The van der Waals surface area contributed by atoms with Crippen LogP contribution in [-0.4, -0.2) is 39.8 Å². The van der Waals surface area contributed by atoms with E-state index in [-0.39, 0.29) is 34.7 Å². The van der Waals surface area contributed by atoms with Gasteiger partial charge in [0.1, 0.15) is 5.82 Å². The third-order valence-corrected chi connectivity index (χ3v) is 11.1. The van der Waals surface area contributed by atoms with Crippen LogP contribution in [0, 0.1) is 34.5 Å². The van der Waals surface area contributed by atoms with Gasteiger partial charge < -0.3 is 15.2 Å². The Bertz CT molecular complexity index is 1400. The van der Waals surface area contributed by atoms with Gasteiger partial charge in [0.2, 0.25) is 5.91 Å². The van der Waals surface area contributed by atoms with Gasteiger partial charge in [0.25, 0.3) is 5.91 Å². The zero-order valence-electron chi connectivity index (χ0n) is 23.2. The average Bonchev–Trinajstić information content (AvgIpc) is 3.47. The summed E-state index contributed by atoms with van der Waals surface area (Å²) in [5.41, 5.74) is -0.675. The molecule has 0 bridgehead atoms. The number of hydrogen-bond acceptors (Lipinski definition) is 3. The first-order valence-electron chi connectivity index (χ1n) is 14.3. The molecule has 1 aliphatic heterocycles. The van der Waals surface area contributed by atoms with E-state index in [1.807, 2.05) is 0 Å². The SMILES string of the molecule is CC(NC(=O)C1CC[C@H]2[C@@H]3CCC4N(C)C(=O)C(F)=C[C@]4(C)[C@@H]3CC[C@]12C)c1nc2cc(C(F)(F)F)ccc2[nH]1. The van der Waals surface area contributed by atoms with Gasteiger partial charge in [0.05, 0.1) is 22.6 Å². The summed E-state index contributed by atoms with van der Waals surface area (Å²) in [7, 11) is 1.71. The molecule has 2 N–H and O–H groups in total. The molecule has 216 valence electrons. The number of aromatic nitrogens is 2. The number of aromatic amines is 1. The molecule has 6 rings (SSSR count). The van der Waals surface area contributed by atoms with Crippen LogP contribution in [0.5, 0.6) is 0 Å². The zero-order valence-corrected chi connectivity index (χ0v) is 23.2. The molecule has 0 saturated heterocycles. The van der Waals surface area contributed by atoms with Crippen molar-refractivity contribution in [3.8, 4) is 0 Å². The molecular formula is C30H36F4N4O2. The van der Waals surface area contributed by atoms with Crippen LogP contribution in [0.2, 0.25) is 0 Å². The molecule has 6 nitrogen and oxygen atoms in total. The van der Waals surface area contributed by atoms with Crippen LogP contribution in [0.25, 0.3) is 11.0 Å². The first-order chi connectivity index (χ1) is 18.7. The Hall–Kier alpha value is -2.91. The molecule has 3 aliphatic carbocycles. The lowest BCUT2D eigenvalue weighted by molar-refractivity contribution is -0.145. The molecule has 0 spiro atoms. The highest BCUT2D eigenvalue weighted by Gasteiger charge is 2.62. The molecule has 3 saturated carbocycles. The Labute approximate surface area is 231 Å². The number of amides is 2. The van der Waals surface area contributed by atoms with Gasteiger partial charge in [-0.3, -0.25) is 9.59 Å². The van der Waals surface area contributed by atoms with Gasteiger partial charge >= 0.3 is 6.18 Å². The summed E-state index contributed by atoms with van der Waals surface area (Å²) >= 11 is 0. The van der Waals surface area contributed by atoms with Crippen molar-refractivity contribution in [3.63, 3.8) is 0 Å². The minimum Gasteiger partial charge on any atom is -0.346 e. The number of nitrogens with zero attached hydrogens (tertiary/aromatic N) is 2. The number of likely N-dealkylation sites (N-methyl/N-ethyl adjacent to an activating group) is 1. The van der Waals surface area contributed by atoms with Crippen molar-refractivity contribution in [2.24, 2.45) is 34.5 Å². The quantitative estimate of drug-likeness (QED) is 0.432. The van der Waals surface area contributed by atoms with Crippen LogP contribution in [0.3, 0.4) is 0 Å². The number of benzene rings is 1. The van der Waals surface area contributed by atoms with E-state index in [1.165, 1.54) is 6.07 Å². The highest BCUT2D eigenvalue weighted by atomic mass is 19.4. The van der Waals surface area contributed by atoms with Crippen LogP contribution in [0.4, 0.5) is 17.6 Å². The smallest absolute Gasteiger partial charge is 0.346 e. The summed E-state index contributed by atoms with van der Waals surface area (Å²) in [6.45, 7) is 6.11. The van der Waals surface area contributed by atoms with E-state index < -0.39 is 34.9 Å². The maximum Gasteiger partial charge on any atom is 0.416 e. The van der Waals surface area contributed by atoms with E-state index in [1.54, 1.807) is 24.9 Å². The lowest BCUT2D eigenvalue weighted by atomic mass is 9.47. The van der Waals surface area contributed by atoms with Crippen molar-refractivity contribution < 1.29 is 27.2 Å². The molecule has 3 fully saturated rings. The number of halogens is 4. The monoisotopic (exact) mass is 560 g/mol. The minimum absolute atomic E-state index is 0.0116. The average molecular weight is 561 g/mol. The maximum atomic E-state index is 14.7. The second-order valence-electron chi connectivity index (χ2n) is 13.0. The van der Waals surface area contributed by atoms with E-state index in [0.717, 1.165) is 50.7 Å². The van der Waals surface area contributed by atoms with Crippen molar-refractivity contribution >= 4 is 22.8 Å². The van der Waals surface area contributed by atoms with Crippen LogP contribution >= 0.6 is 0 Å². The van der Waals surface area contributed by atoms with Crippen molar-refractivity contribution in [3.05, 3.63) is 41.5 Å². The Morgan fingerprint density at radius 3 is 2.62 bits per heavy atom. The van der Waals surface area contributed by atoms with Gasteiger partial charge in [0.15, 0.2) is 5.83 Å². The predicted octanol–water partition coefficient (Wildman–Crippen LogP) is 6.31. The minimum atomic E-state index is -4.45. The number of rotatable bonds is 3. The molecule has 3 unspecified atom stereocenters. The first-order valence-corrected chi connectivity index (χ1v) is 14.3. The van der Waals surface area contributed by atoms with Gasteiger partial charge in [0, 0.05) is 24.4 Å². The van der Waals surface area contributed by atoms with E-state index in [0.29, 0.717) is 23.2 Å². The van der Waals surface area contributed by atoms with Crippen molar-refractivity contribution in [1.82, 2.24) is 20.2 Å². The number of carbonyl (C=O) groups is 2. The van der Waals surface area contributed by atoms with Crippen molar-refractivity contribution in [1.29, 1.82) is 0 Å². The standard InChI is InChI=1S/C30H36F4N4O2/c1-15(25-36-22-9-5-16(30(32,33)34)13-23(22)37-25)35-26(39)20-8-7-18-17-6-10-24-29(3,14-21(31)27(40)38(24)4)19(17)11-12-28(18,20)2/h5,9,13-15,17-20,24H,6-8,10-12H2,1-4H3,(H,35,39)(H,36,37)/t15?,17-,18-,19+,20?,24?,28-,29+/m0/s1.